The van der Waals surface area contributed by atoms with Crippen molar-refractivity contribution in [3.63, 3.8) is 0 Å². The lowest BCUT2D eigenvalue weighted by atomic mass is 9.61. The number of nitriles is 3. The SMILES string of the molecule is CN(CCOC(=O)NCCOC(=O)C(C)(CC(C)(C)C)C(C)(C)C)c1ccc(/C=C/c2ccc(/C=C/C3=C(C#N)C(=C(C#N)C#N)OC3(c3ccccc3)C(F)(F)F)s2)c(OCc2ccccc2)c1. The molecule has 1 aliphatic heterocycles. The fourth-order valence-electron chi connectivity index (χ4n) is 7.69. The van der Waals surface area contributed by atoms with Gasteiger partial charge in [-0.25, -0.2) is 4.79 Å². The van der Waals surface area contributed by atoms with Crippen molar-refractivity contribution in [2.24, 2.45) is 16.2 Å². The summed E-state index contributed by atoms with van der Waals surface area (Å²) in [6.45, 7) is 15.1. The number of alkyl carbamates (subject to hydrolysis) is 1. The van der Waals surface area contributed by atoms with Crippen molar-refractivity contribution in [2.75, 3.05) is 38.3 Å². The van der Waals surface area contributed by atoms with E-state index >= 15 is 13.2 Å². The minimum absolute atomic E-state index is 0.00964. The Labute approximate surface area is 406 Å². The van der Waals surface area contributed by atoms with Gasteiger partial charge in [0.2, 0.25) is 0 Å². The van der Waals surface area contributed by atoms with Crippen LogP contribution in [0, 0.1) is 50.2 Å². The quantitative estimate of drug-likeness (QED) is 0.0613. The topological polar surface area (TPSA) is 158 Å². The summed E-state index contributed by atoms with van der Waals surface area (Å²) < 4.78 is 68.6. The molecular weight excluding hydrogens is 904 g/mol. The average Bonchev–Trinajstić information content (AvgIpc) is 3.91. The summed E-state index contributed by atoms with van der Waals surface area (Å²) >= 11 is 1.27. The van der Waals surface area contributed by atoms with Crippen molar-refractivity contribution in [1.82, 2.24) is 5.32 Å². The van der Waals surface area contributed by atoms with Gasteiger partial charge in [0.15, 0.2) is 11.3 Å². The van der Waals surface area contributed by atoms with Crippen LogP contribution in [0.5, 0.6) is 5.75 Å². The maximum Gasteiger partial charge on any atom is 0.437 e. The van der Waals surface area contributed by atoms with E-state index in [0.717, 1.165) is 27.8 Å². The van der Waals surface area contributed by atoms with Crippen molar-refractivity contribution < 1.29 is 41.7 Å². The van der Waals surface area contributed by atoms with Crippen molar-refractivity contribution in [3.8, 4) is 24.0 Å². The molecule has 11 nitrogen and oxygen atoms in total. The van der Waals surface area contributed by atoms with Gasteiger partial charge >= 0.3 is 18.2 Å². The van der Waals surface area contributed by atoms with Gasteiger partial charge in [-0.05, 0) is 72.2 Å². The Hall–Kier alpha value is -7.28. The van der Waals surface area contributed by atoms with Crippen LogP contribution in [0.3, 0.4) is 0 Å². The number of benzene rings is 3. The Morgan fingerprint density at radius 1 is 0.812 bits per heavy atom. The van der Waals surface area contributed by atoms with E-state index in [4.69, 9.17) is 18.9 Å². The first-order valence-corrected chi connectivity index (χ1v) is 23.0. The van der Waals surface area contributed by atoms with Crippen LogP contribution >= 0.6 is 11.3 Å². The lowest BCUT2D eigenvalue weighted by Gasteiger charge is -2.43. The number of hydrogen-bond acceptors (Lipinski definition) is 11. The number of hydrogen-bond donors (Lipinski definition) is 1. The minimum Gasteiger partial charge on any atom is -0.488 e. The fourth-order valence-corrected chi connectivity index (χ4v) is 8.51. The number of ether oxygens (including phenoxy) is 4. The number of carbonyl (C=O) groups excluding carboxylic acids is 2. The molecule has 5 rings (SSSR count). The predicted octanol–water partition coefficient (Wildman–Crippen LogP) is 12.3. The van der Waals surface area contributed by atoms with Crippen LogP contribution in [0.25, 0.3) is 18.2 Å². The molecular formula is C54H56F3N5O6S. The number of alkyl halides is 3. The van der Waals surface area contributed by atoms with Crippen molar-refractivity contribution in [3.05, 3.63) is 146 Å². The second kappa shape index (κ2) is 22.2. The van der Waals surface area contributed by atoms with Crippen molar-refractivity contribution in [1.29, 1.82) is 15.8 Å². The summed E-state index contributed by atoms with van der Waals surface area (Å²) in [5, 5.41) is 31.9. The molecule has 4 aromatic rings. The van der Waals surface area contributed by atoms with Crippen LogP contribution < -0.4 is 15.0 Å². The molecule has 1 amide bonds. The lowest BCUT2D eigenvalue weighted by Crippen LogP contribution is -2.45. The molecule has 1 N–H and O–H groups in total. The largest absolute Gasteiger partial charge is 0.488 e. The molecule has 2 unspecified atom stereocenters. The molecule has 1 aliphatic rings. The molecule has 1 aromatic heterocycles. The Bertz CT molecular complexity index is 2710. The highest BCUT2D eigenvalue weighted by atomic mass is 32.1. The first-order chi connectivity index (χ1) is 32.6. The maximum absolute atomic E-state index is 15.2. The molecule has 2 heterocycles. The van der Waals surface area contributed by atoms with Gasteiger partial charge in [0, 0.05) is 45.3 Å². The summed E-state index contributed by atoms with van der Waals surface area (Å²) in [6, 6.07) is 30.4. The number of thiophene rings is 1. The van der Waals surface area contributed by atoms with Gasteiger partial charge in [0.05, 0.1) is 18.5 Å². The summed E-state index contributed by atoms with van der Waals surface area (Å²) in [6.07, 6.45) is 1.18. The number of carbonyl (C=O) groups is 2. The molecule has 360 valence electrons. The monoisotopic (exact) mass is 959 g/mol. The molecule has 0 spiro atoms. The number of amides is 1. The molecule has 2 atom stereocenters. The zero-order valence-corrected chi connectivity index (χ0v) is 40.8. The minimum atomic E-state index is -5.10. The number of rotatable bonds is 17. The Morgan fingerprint density at radius 2 is 1.43 bits per heavy atom. The molecule has 15 heteroatoms. The van der Waals surface area contributed by atoms with Gasteiger partial charge in [-0.3, -0.25) is 4.79 Å². The van der Waals surface area contributed by atoms with E-state index in [1.54, 1.807) is 30.3 Å². The van der Waals surface area contributed by atoms with E-state index in [0.29, 0.717) is 23.6 Å². The van der Waals surface area contributed by atoms with Gasteiger partial charge in [-0.15, -0.1) is 11.3 Å². The third-order valence-corrected chi connectivity index (χ3v) is 12.7. The Morgan fingerprint density at radius 3 is 2.01 bits per heavy atom. The fraction of sp³-hybridized carbons (Fsp3) is 0.352. The molecule has 3 aromatic carbocycles. The number of nitrogens with one attached hydrogen (secondary N) is 1. The molecule has 0 aliphatic carbocycles. The second-order valence-corrected chi connectivity index (χ2v) is 20.0. The highest BCUT2D eigenvalue weighted by Gasteiger charge is 2.65. The molecule has 69 heavy (non-hydrogen) atoms. The first kappa shape index (κ1) is 52.7. The van der Waals surface area contributed by atoms with Crippen LogP contribution in [-0.2, 0) is 31.2 Å². The molecule has 0 radical (unpaired) electrons. The number of anilines is 1. The third kappa shape index (κ3) is 12.8. The van der Waals surface area contributed by atoms with Crippen LogP contribution in [0.1, 0.15) is 81.3 Å². The zero-order chi connectivity index (χ0) is 50.6. The lowest BCUT2D eigenvalue weighted by molar-refractivity contribution is -0.249. The summed E-state index contributed by atoms with van der Waals surface area (Å²) in [7, 11) is 1.85. The van der Waals surface area contributed by atoms with E-state index < -0.39 is 45.8 Å². The summed E-state index contributed by atoms with van der Waals surface area (Å²) in [5.74, 6) is -0.478. The van der Waals surface area contributed by atoms with E-state index in [1.807, 2.05) is 100 Å². The number of esters is 1. The van der Waals surface area contributed by atoms with E-state index in [9.17, 15) is 25.4 Å². The molecule has 0 saturated heterocycles. The number of nitrogens with zero attached hydrogens (tertiary/aromatic N) is 4. The molecule has 0 bridgehead atoms. The highest BCUT2D eigenvalue weighted by Crippen LogP contribution is 2.56. The van der Waals surface area contributed by atoms with Gasteiger partial charge < -0.3 is 29.2 Å². The number of likely N-dealkylation sites (N-methyl/N-ethyl adjacent to an activating group) is 1. The summed E-state index contributed by atoms with van der Waals surface area (Å²) in [5.41, 5.74) is -4.05. The molecule has 0 saturated carbocycles. The van der Waals surface area contributed by atoms with Gasteiger partial charge in [-0.1, -0.05) is 108 Å². The third-order valence-electron chi connectivity index (χ3n) is 11.7. The highest BCUT2D eigenvalue weighted by molar-refractivity contribution is 7.13. The number of allylic oxidation sites excluding steroid dienone is 2. The van der Waals surface area contributed by atoms with Crippen molar-refractivity contribution >= 4 is 47.3 Å². The smallest absolute Gasteiger partial charge is 0.437 e. The van der Waals surface area contributed by atoms with Crippen LogP contribution in [0.2, 0.25) is 0 Å². The predicted molar refractivity (Wildman–Crippen MR) is 261 cm³/mol. The Kier molecular flexibility index (Phi) is 17.0. The second-order valence-electron chi connectivity index (χ2n) is 18.8. The zero-order valence-electron chi connectivity index (χ0n) is 40.0. The van der Waals surface area contributed by atoms with Gasteiger partial charge in [-0.2, -0.15) is 29.0 Å². The normalized spacial score (nSPS) is 16.0. The van der Waals surface area contributed by atoms with Crippen LogP contribution in [0.4, 0.5) is 23.7 Å². The number of halogens is 3. The standard InChI is InChI=1S/C54H56F3N5O6S/c1-50(2,3)36-52(7,51(4,5)6)48(63)65-29-27-61-49(64)66-30-28-62(8)41-21-19-38(46(31-41)67-35-37-15-11-9-12-16-37)20-22-42-23-24-43(69-42)25-26-45-44(34-60)47(39(32-58)33-59)68-53(45,54(55,56)57)40-17-13-10-14-18-40/h9-26,31H,27-30,35-36H2,1-8H3,(H,61,64)/b22-20+,26-25+. The van der Waals surface area contributed by atoms with Crippen LogP contribution in [-0.4, -0.2) is 51.6 Å². The van der Waals surface area contributed by atoms with Crippen LogP contribution in [0.15, 0.2) is 120 Å². The summed E-state index contributed by atoms with van der Waals surface area (Å²) in [4.78, 5) is 29.0. The van der Waals surface area contributed by atoms with E-state index in [2.05, 4.69) is 26.1 Å². The Balaban J connectivity index is 1.28. The van der Waals surface area contributed by atoms with Crippen molar-refractivity contribution in [2.45, 2.75) is 73.3 Å². The molecule has 0 fully saturated rings. The van der Waals surface area contributed by atoms with E-state index in [1.165, 1.54) is 47.7 Å². The average molecular weight is 960 g/mol. The van der Waals surface area contributed by atoms with Gasteiger partial charge in [0.1, 0.15) is 49.4 Å². The maximum atomic E-state index is 15.2. The van der Waals surface area contributed by atoms with E-state index in [-0.39, 0.29) is 48.7 Å². The first-order valence-electron chi connectivity index (χ1n) is 22.1. The van der Waals surface area contributed by atoms with Gasteiger partial charge in [0.25, 0.3) is 5.60 Å².